The van der Waals surface area contributed by atoms with Crippen molar-refractivity contribution >= 4 is 29.5 Å². The van der Waals surface area contributed by atoms with E-state index >= 15 is 0 Å². The maximum absolute atomic E-state index is 11.7. The average Bonchev–Trinajstić information content (AvgIpc) is 3.31. The zero-order valence-electron chi connectivity index (χ0n) is 19.3. The highest BCUT2D eigenvalue weighted by molar-refractivity contribution is 7.08. The lowest BCUT2D eigenvalue weighted by Crippen LogP contribution is -2.15. The summed E-state index contributed by atoms with van der Waals surface area (Å²) >= 11 is 1.69. The second-order valence-corrected chi connectivity index (χ2v) is 9.74. The molecule has 3 rings (SSSR count). The first-order chi connectivity index (χ1) is 15.8. The molecule has 0 aliphatic heterocycles. The molecule has 0 aliphatic rings. The lowest BCUT2D eigenvalue weighted by Gasteiger charge is -2.09. The van der Waals surface area contributed by atoms with Gasteiger partial charge in [-0.1, -0.05) is 66.5 Å². The third-order valence-corrected chi connectivity index (χ3v) is 5.61. The molecule has 0 radical (unpaired) electrons. The molecule has 0 amide bonds. The Balaban J connectivity index is 1.68. The number of hydrogen-bond acceptors (Lipinski definition) is 2. The van der Waals surface area contributed by atoms with Crippen LogP contribution in [0.1, 0.15) is 43.9 Å². The Morgan fingerprint density at radius 1 is 1.00 bits per heavy atom. The molecule has 2 aromatic carbocycles. The van der Waals surface area contributed by atoms with Crippen LogP contribution in [-0.4, -0.2) is 11.1 Å². The second kappa shape index (κ2) is 11.4. The van der Waals surface area contributed by atoms with Gasteiger partial charge in [0, 0.05) is 11.8 Å². The van der Waals surface area contributed by atoms with Gasteiger partial charge in [0.15, 0.2) is 0 Å². The molecule has 1 unspecified atom stereocenters. The van der Waals surface area contributed by atoms with E-state index in [1.165, 1.54) is 11.1 Å². The van der Waals surface area contributed by atoms with Gasteiger partial charge in [-0.05, 0) is 89.7 Å². The van der Waals surface area contributed by atoms with Crippen molar-refractivity contribution in [2.24, 2.45) is 11.3 Å². The molecule has 0 fully saturated rings. The third-order valence-electron chi connectivity index (χ3n) is 4.93. The van der Waals surface area contributed by atoms with Crippen LogP contribution in [0.15, 0.2) is 65.4 Å². The van der Waals surface area contributed by atoms with Crippen molar-refractivity contribution in [3.8, 4) is 34.8 Å². The van der Waals surface area contributed by atoms with Crippen molar-refractivity contribution in [2.45, 2.75) is 33.6 Å². The van der Waals surface area contributed by atoms with Crippen molar-refractivity contribution in [2.75, 3.05) is 0 Å². The van der Waals surface area contributed by atoms with Gasteiger partial charge in [-0.3, -0.25) is 4.79 Å². The number of hydrogen-bond donors (Lipinski definition) is 1. The van der Waals surface area contributed by atoms with Crippen LogP contribution >= 0.6 is 11.3 Å². The van der Waals surface area contributed by atoms with E-state index in [9.17, 15) is 9.90 Å². The Labute approximate surface area is 201 Å². The maximum Gasteiger partial charge on any atom is 0.307 e. The lowest BCUT2D eigenvalue weighted by molar-refractivity contribution is -0.141. The SMILES string of the molecule is CC(C)(C)C#CC#CCC(Cc1cccc(C=Cc2cccc(-c3ccsc3)c2)c1)C(=O)O. The van der Waals surface area contributed by atoms with Crippen molar-refractivity contribution in [1.82, 2.24) is 0 Å². The summed E-state index contributed by atoms with van der Waals surface area (Å²) in [7, 11) is 0. The zero-order valence-corrected chi connectivity index (χ0v) is 20.1. The van der Waals surface area contributed by atoms with Crippen LogP contribution in [0.3, 0.4) is 0 Å². The van der Waals surface area contributed by atoms with E-state index in [2.05, 4.69) is 76.9 Å². The number of thiophene rings is 1. The van der Waals surface area contributed by atoms with Crippen LogP contribution in [0.4, 0.5) is 0 Å². The Morgan fingerprint density at radius 3 is 2.39 bits per heavy atom. The van der Waals surface area contributed by atoms with Crippen LogP contribution < -0.4 is 0 Å². The molecule has 1 atom stereocenters. The highest BCUT2D eigenvalue weighted by Gasteiger charge is 2.17. The highest BCUT2D eigenvalue weighted by Crippen LogP contribution is 2.24. The van der Waals surface area contributed by atoms with Gasteiger partial charge in [0.25, 0.3) is 0 Å². The Kier molecular flexibility index (Phi) is 8.31. The van der Waals surface area contributed by atoms with Crippen LogP contribution in [0.5, 0.6) is 0 Å². The van der Waals surface area contributed by atoms with Crippen molar-refractivity contribution < 1.29 is 9.90 Å². The summed E-state index contributed by atoms with van der Waals surface area (Å²) in [6, 6.07) is 18.6. The maximum atomic E-state index is 11.7. The van der Waals surface area contributed by atoms with Gasteiger partial charge >= 0.3 is 5.97 Å². The van der Waals surface area contributed by atoms with Crippen molar-refractivity contribution in [1.29, 1.82) is 0 Å². The van der Waals surface area contributed by atoms with Gasteiger partial charge in [-0.25, -0.2) is 0 Å². The molecule has 0 saturated heterocycles. The monoisotopic (exact) mass is 452 g/mol. The fourth-order valence-corrected chi connectivity index (χ4v) is 3.90. The normalized spacial score (nSPS) is 11.8. The molecule has 0 saturated carbocycles. The summed E-state index contributed by atoms with van der Waals surface area (Å²) in [6.45, 7) is 6.05. The van der Waals surface area contributed by atoms with E-state index in [-0.39, 0.29) is 11.8 Å². The van der Waals surface area contributed by atoms with E-state index in [4.69, 9.17) is 0 Å². The van der Waals surface area contributed by atoms with Crippen LogP contribution in [0.25, 0.3) is 23.3 Å². The molecule has 0 bridgehead atoms. The molecule has 0 aliphatic carbocycles. The summed E-state index contributed by atoms with van der Waals surface area (Å²) in [5, 5.41) is 13.9. The number of carbonyl (C=O) groups is 1. The van der Waals surface area contributed by atoms with E-state index < -0.39 is 11.9 Å². The number of carboxylic acid groups (broad SMARTS) is 1. The first-order valence-electron chi connectivity index (χ1n) is 10.9. The molecule has 1 aromatic heterocycles. The number of rotatable bonds is 7. The molecule has 2 nitrogen and oxygen atoms in total. The molecule has 33 heavy (non-hydrogen) atoms. The number of benzene rings is 2. The van der Waals surface area contributed by atoms with Gasteiger partial charge in [0.2, 0.25) is 0 Å². The number of carboxylic acids is 1. The molecule has 3 aromatic rings. The summed E-state index contributed by atoms with van der Waals surface area (Å²) in [6.07, 6.45) is 4.87. The molecule has 1 heterocycles. The Bertz CT molecular complexity index is 1240. The van der Waals surface area contributed by atoms with E-state index in [0.717, 1.165) is 16.7 Å². The summed E-state index contributed by atoms with van der Waals surface area (Å²) in [5.74, 6) is 10.2. The highest BCUT2D eigenvalue weighted by atomic mass is 32.1. The molecule has 3 heteroatoms. The second-order valence-electron chi connectivity index (χ2n) is 8.96. The topological polar surface area (TPSA) is 37.3 Å². The number of aliphatic carboxylic acids is 1. The lowest BCUT2D eigenvalue weighted by atomic mass is 9.95. The minimum absolute atomic E-state index is 0.111. The van der Waals surface area contributed by atoms with E-state index in [0.29, 0.717) is 6.42 Å². The van der Waals surface area contributed by atoms with Crippen LogP contribution in [0, 0.1) is 35.0 Å². The van der Waals surface area contributed by atoms with Crippen LogP contribution in [0.2, 0.25) is 0 Å². The van der Waals surface area contributed by atoms with Gasteiger partial charge in [0.05, 0.1) is 5.92 Å². The minimum Gasteiger partial charge on any atom is -0.481 e. The molecular formula is C30H28O2S. The zero-order chi connectivity index (χ0) is 23.7. The fourth-order valence-electron chi connectivity index (χ4n) is 3.24. The minimum atomic E-state index is -0.834. The van der Waals surface area contributed by atoms with E-state index in [1.54, 1.807) is 11.3 Å². The quantitative estimate of drug-likeness (QED) is 0.302. The smallest absolute Gasteiger partial charge is 0.307 e. The standard InChI is InChI=1S/C30H28O2S/c1-30(2,3)17-6-4-5-12-27(29(31)32)21-25-11-7-9-23(19-25)14-15-24-10-8-13-26(20-24)28-16-18-33-22-28/h7-11,13-16,18-20,22,27H,12,21H2,1-3H3,(H,31,32). The Hall–Kier alpha value is -3.53. The van der Waals surface area contributed by atoms with Gasteiger partial charge in [-0.2, -0.15) is 11.3 Å². The molecule has 1 N–H and O–H groups in total. The predicted octanol–water partition coefficient (Wildman–Crippen LogP) is 7.27. The van der Waals surface area contributed by atoms with Crippen LogP contribution in [-0.2, 0) is 11.2 Å². The Morgan fingerprint density at radius 2 is 1.73 bits per heavy atom. The third kappa shape index (κ3) is 8.15. The van der Waals surface area contributed by atoms with Gasteiger partial charge in [-0.15, -0.1) is 0 Å². The summed E-state index contributed by atoms with van der Waals surface area (Å²) < 4.78 is 0. The predicted molar refractivity (Wildman–Crippen MR) is 140 cm³/mol. The first-order valence-corrected chi connectivity index (χ1v) is 11.9. The first kappa shape index (κ1) is 24.1. The van der Waals surface area contributed by atoms with Crippen molar-refractivity contribution in [3.63, 3.8) is 0 Å². The fraction of sp³-hybridized carbons (Fsp3) is 0.233. The molecular weight excluding hydrogens is 424 g/mol. The summed E-state index contributed by atoms with van der Waals surface area (Å²) in [5.41, 5.74) is 5.47. The summed E-state index contributed by atoms with van der Waals surface area (Å²) in [4.78, 5) is 11.7. The molecule has 0 spiro atoms. The largest absolute Gasteiger partial charge is 0.481 e. The van der Waals surface area contributed by atoms with Gasteiger partial charge in [0.1, 0.15) is 0 Å². The van der Waals surface area contributed by atoms with Crippen molar-refractivity contribution in [3.05, 3.63) is 82.0 Å². The molecule has 166 valence electrons. The van der Waals surface area contributed by atoms with E-state index in [1.807, 2.05) is 45.0 Å². The van der Waals surface area contributed by atoms with Gasteiger partial charge < -0.3 is 5.11 Å². The average molecular weight is 453 g/mol.